The van der Waals surface area contributed by atoms with Crippen LogP contribution in [0.2, 0.25) is 0 Å². The Balaban J connectivity index is 2.16. The number of carbonyl (C=O) groups is 1. The molecule has 2 rings (SSSR count). The summed E-state index contributed by atoms with van der Waals surface area (Å²) in [7, 11) is 0. The Hall–Kier alpha value is -2.21. The molecule has 0 saturated heterocycles. The van der Waals surface area contributed by atoms with E-state index >= 15 is 0 Å². The third kappa shape index (κ3) is 3.28. The Labute approximate surface area is 129 Å². The van der Waals surface area contributed by atoms with Crippen LogP contribution in [0.15, 0.2) is 24.3 Å². The number of carbonyl (C=O) groups excluding carboxylic acids is 1. The first-order valence-electron chi connectivity index (χ1n) is 6.59. The van der Waals surface area contributed by atoms with Crippen LogP contribution in [-0.4, -0.2) is 20.7 Å². The number of anilines is 1. The van der Waals surface area contributed by atoms with Crippen molar-refractivity contribution in [2.24, 2.45) is 5.73 Å². The Kier molecular flexibility index (Phi) is 4.37. The molecule has 21 heavy (non-hydrogen) atoms. The van der Waals surface area contributed by atoms with Gasteiger partial charge >= 0.3 is 0 Å². The molecule has 6 heteroatoms. The average molecular weight is 302 g/mol. The van der Waals surface area contributed by atoms with Gasteiger partial charge in [0.05, 0.1) is 11.4 Å². The van der Waals surface area contributed by atoms with Crippen molar-refractivity contribution in [2.45, 2.75) is 27.3 Å². The number of nitrogens with one attached hydrogen (secondary N) is 1. The lowest BCUT2D eigenvalue weighted by Crippen LogP contribution is -2.22. The van der Waals surface area contributed by atoms with Gasteiger partial charge in [-0.05, 0) is 38.5 Å². The van der Waals surface area contributed by atoms with Gasteiger partial charge in [-0.3, -0.25) is 9.48 Å². The number of thiocarbonyl (C=S) groups is 1. The molecular weight excluding hydrogens is 284 g/mol. The molecule has 0 atom stereocenters. The number of hydrogen-bond acceptors (Lipinski definition) is 3. The van der Waals surface area contributed by atoms with Gasteiger partial charge in [0.1, 0.15) is 11.5 Å². The van der Waals surface area contributed by atoms with Gasteiger partial charge in [-0.15, -0.1) is 0 Å². The number of rotatable bonds is 4. The van der Waals surface area contributed by atoms with Crippen LogP contribution in [0.4, 0.5) is 5.69 Å². The second-order valence-electron chi connectivity index (χ2n) is 4.91. The summed E-state index contributed by atoms with van der Waals surface area (Å²) in [5.74, 6) is -0.163. The minimum atomic E-state index is -0.163. The predicted molar refractivity (Wildman–Crippen MR) is 87.4 cm³/mol. The third-order valence-electron chi connectivity index (χ3n) is 3.50. The summed E-state index contributed by atoms with van der Waals surface area (Å²) >= 11 is 4.98. The topological polar surface area (TPSA) is 72.9 Å². The van der Waals surface area contributed by atoms with Crippen molar-refractivity contribution in [3.05, 3.63) is 46.8 Å². The van der Waals surface area contributed by atoms with E-state index in [2.05, 4.69) is 10.4 Å². The number of nitrogens with two attached hydrogens (primary N) is 1. The van der Waals surface area contributed by atoms with Crippen LogP contribution in [-0.2, 0) is 11.3 Å². The quantitative estimate of drug-likeness (QED) is 0.848. The molecule has 0 aliphatic rings. The van der Waals surface area contributed by atoms with Crippen molar-refractivity contribution in [3.8, 4) is 0 Å². The van der Waals surface area contributed by atoms with Gasteiger partial charge in [0.25, 0.3) is 0 Å². The number of amides is 1. The van der Waals surface area contributed by atoms with Crippen LogP contribution in [0.1, 0.15) is 22.5 Å². The van der Waals surface area contributed by atoms with E-state index < -0.39 is 0 Å². The maximum Gasteiger partial charge on any atom is 0.246 e. The SMILES string of the molecule is Cc1nn(CC(=O)Nc2ccccc2C(N)=S)c(C)c1C. The molecule has 2 aromatic rings. The van der Waals surface area contributed by atoms with Crippen LogP contribution >= 0.6 is 12.2 Å². The smallest absolute Gasteiger partial charge is 0.246 e. The van der Waals surface area contributed by atoms with Gasteiger partial charge < -0.3 is 11.1 Å². The van der Waals surface area contributed by atoms with Crippen LogP contribution in [0, 0.1) is 20.8 Å². The fourth-order valence-corrected chi connectivity index (χ4v) is 2.25. The molecule has 0 unspecified atom stereocenters. The molecule has 0 aliphatic carbocycles. The molecule has 1 heterocycles. The van der Waals surface area contributed by atoms with Gasteiger partial charge in [-0.2, -0.15) is 5.10 Å². The van der Waals surface area contributed by atoms with E-state index in [0.717, 1.165) is 17.0 Å². The summed E-state index contributed by atoms with van der Waals surface area (Å²) in [5.41, 5.74) is 9.96. The predicted octanol–water partition coefficient (Wildman–Crippen LogP) is 2.08. The van der Waals surface area contributed by atoms with Gasteiger partial charge in [-0.1, -0.05) is 24.4 Å². The molecule has 1 amide bonds. The van der Waals surface area contributed by atoms with E-state index in [-0.39, 0.29) is 17.4 Å². The normalized spacial score (nSPS) is 10.4. The maximum atomic E-state index is 12.2. The fraction of sp³-hybridized carbons (Fsp3) is 0.267. The molecule has 0 fully saturated rings. The molecule has 0 spiro atoms. The van der Waals surface area contributed by atoms with Crippen molar-refractivity contribution in [1.29, 1.82) is 0 Å². The Morgan fingerprint density at radius 2 is 2.00 bits per heavy atom. The summed E-state index contributed by atoms with van der Waals surface area (Å²) in [6, 6.07) is 7.21. The largest absolute Gasteiger partial charge is 0.389 e. The zero-order valence-corrected chi connectivity index (χ0v) is 13.1. The Bertz CT molecular complexity index is 706. The van der Waals surface area contributed by atoms with Gasteiger partial charge in [0.15, 0.2) is 0 Å². The minimum Gasteiger partial charge on any atom is -0.389 e. The van der Waals surface area contributed by atoms with Gasteiger partial charge in [0.2, 0.25) is 5.91 Å². The van der Waals surface area contributed by atoms with E-state index in [1.807, 2.05) is 32.9 Å². The number of aryl methyl sites for hydroxylation is 1. The van der Waals surface area contributed by atoms with Crippen molar-refractivity contribution < 1.29 is 4.79 Å². The Morgan fingerprint density at radius 3 is 2.57 bits per heavy atom. The standard InChI is InChI=1S/C15H18N4OS/c1-9-10(2)18-19(11(9)3)8-14(20)17-13-7-5-4-6-12(13)15(16)21/h4-7H,8H2,1-3H3,(H2,16,21)(H,17,20). The van der Waals surface area contributed by atoms with E-state index in [4.69, 9.17) is 18.0 Å². The van der Waals surface area contributed by atoms with Gasteiger partial charge in [0, 0.05) is 11.3 Å². The van der Waals surface area contributed by atoms with Crippen LogP contribution in [0.25, 0.3) is 0 Å². The molecule has 0 radical (unpaired) electrons. The number of benzene rings is 1. The van der Waals surface area contributed by atoms with Crippen LogP contribution in [0.3, 0.4) is 0 Å². The minimum absolute atomic E-state index is 0.159. The zero-order chi connectivity index (χ0) is 15.6. The zero-order valence-electron chi connectivity index (χ0n) is 12.3. The molecule has 1 aromatic carbocycles. The fourth-order valence-electron chi connectivity index (χ4n) is 2.07. The first-order valence-corrected chi connectivity index (χ1v) is 7.00. The van der Waals surface area contributed by atoms with Crippen molar-refractivity contribution >= 4 is 28.8 Å². The van der Waals surface area contributed by atoms with Crippen LogP contribution < -0.4 is 11.1 Å². The van der Waals surface area contributed by atoms with E-state index in [1.54, 1.807) is 16.8 Å². The average Bonchev–Trinajstić information content (AvgIpc) is 2.66. The molecule has 110 valence electrons. The lowest BCUT2D eigenvalue weighted by Gasteiger charge is -2.10. The second-order valence-corrected chi connectivity index (χ2v) is 5.35. The van der Waals surface area contributed by atoms with Crippen molar-refractivity contribution in [1.82, 2.24) is 9.78 Å². The molecule has 1 aromatic heterocycles. The summed E-state index contributed by atoms with van der Waals surface area (Å²) in [5, 5.41) is 7.18. The monoisotopic (exact) mass is 302 g/mol. The highest BCUT2D eigenvalue weighted by Crippen LogP contribution is 2.15. The van der Waals surface area contributed by atoms with Crippen molar-refractivity contribution in [2.75, 3.05) is 5.32 Å². The molecule has 0 aliphatic heterocycles. The highest BCUT2D eigenvalue weighted by atomic mass is 32.1. The number of aromatic nitrogens is 2. The van der Waals surface area contributed by atoms with E-state index in [1.165, 1.54) is 0 Å². The molecule has 5 nitrogen and oxygen atoms in total. The lowest BCUT2D eigenvalue weighted by molar-refractivity contribution is -0.116. The van der Waals surface area contributed by atoms with Crippen molar-refractivity contribution in [3.63, 3.8) is 0 Å². The molecular formula is C15H18N4OS. The summed E-state index contributed by atoms with van der Waals surface area (Å²) < 4.78 is 1.70. The third-order valence-corrected chi connectivity index (χ3v) is 3.72. The summed E-state index contributed by atoms with van der Waals surface area (Å²) in [4.78, 5) is 12.4. The highest BCUT2D eigenvalue weighted by molar-refractivity contribution is 7.80. The van der Waals surface area contributed by atoms with E-state index in [9.17, 15) is 4.79 Å². The highest BCUT2D eigenvalue weighted by Gasteiger charge is 2.12. The first-order chi connectivity index (χ1) is 9.90. The first kappa shape index (κ1) is 15.2. The number of hydrogen-bond donors (Lipinski definition) is 2. The number of para-hydroxylation sites is 1. The van der Waals surface area contributed by atoms with Crippen LogP contribution in [0.5, 0.6) is 0 Å². The maximum absolute atomic E-state index is 12.2. The Morgan fingerprint density at radius 1 is 1.33 bits per heavy atom. The van der Waals surface area contributed by atoms with E-state index in [0.29, 0.717) is 11.3 Å². The summed E-state index contributed by atoms with van der Waals surface area (Å²) in [6.07, 6.45) is 0. The molecule has 0 bridgehead atoms. The second kappa shape index (κ2) is 6.05. The van der Waals surface area contributed by atoms with Gasteiger partial charge in [-0.25, -0.2) is 0 Å². The lowest BCUT2D eigenvalue weighted by atomic mass is 10.2. The summed E-state index contributed by atoms with van der Waals surface area (Å²) in [6.45, 7) is 6.03. The molecule has 0 saturated carbocycles. The number of nitrogens with zero attached hydrogens (tertiary/aromatic N) is 2. The molecule has 3 N–H and O–H groups in total.